The van der Waals surface area contributed by atoms with Gasteiger partial charge in [-0.1, -0.05) is 65.7 Å². The second-order valence-corrected chi connectivity index (χ2v) is 30.7. The zero-order valence-corrected chi connectivity index (χ0v) is 41.2. The molecule has 0 N–H and O–H groups in total. The molecule has 3 saturated carbocycles. The van der Waals surface area contributed by atoms with Crippen LogP contribution in [0.5, 0.6) is 0 Å². The van der Waals surface area contributed by atoms with Crippen LogP contribution < -0.4 is 0 Å². The maximum absolute atomic E-state index is 7.88. The average molecular weight is 947 g/mol. The third-order valence-electron chi connectivity index (χ3n) is 13.8. The van der Waals surface area contributed by atoms with Gasteiger partial charge in [0.1, 0.15) is 0 Å². The van der Waals surface area contributed by atoms with Crippen molar-refractivity contribution in [2.24, 2.45) is 0 Å². The van der Waals surface area contributed by atoms with E-state index in [1.54, 1.807) is 77.0 Å². The van der Waals surface area contributed by atoms with E-state index in [9.17, 15) is 0 Å². The number of benzene rings is 4. The number of hydrogen-bond donors (Lipinski definition) is 0. The topological polar surface area (TPSA) is 9.86 Å². The number of nitrogens with zero attached hydrogens (tertiary/aromatic N) is 2. The Bertz CT molecular complexity index is 2340. The number of halogens is 2. The molecule has 1 heterocycles. The van der Waals surface area contributed by atoms with E-state index in [1.165, 1.54) is 75.2 Å². The molecule has 0 radical (unpaired) electrons. The molecule has 5 aromatic rings. The molecular weight excluding hydrogens is 880 g/mol. The molecule has 0 unspecified atom stereocenters. The molecule has 4 aromatic carbocycles. The first-order valence-corrected chi connectivity index (χ1v) is 30.7. The minimum absolute atomic E-state index is 0.385. The van der Waals surface area contributed by atoms with Crippen molar-refractivity contribution in [1.82, 2.24) is 9.13 Å². The molecule has 60 heavy (non-hydrogen) atoms. The van der Waals surface area contributed by atoms with Gasteiger partial charge in [0, 0.05) is 0 Å². The molecule has 6 heteroatoms. The molecule has 0 aliphatic heterocycles. The Labute approximate surface area is 373 Å². The second kappa shape index (κ2) is 19.4. The predicted molar refractivity (Wildman–Crippen MR) is 260 cm³/mol. The molecule has 0 bridgehead atoms. The quantitative estimate of drug-likeness (QED) is 0.119. The van der Waals surface area contributed by atoms with E-state index in [1.807, 2.05) is 6.07 Å². The van der Waals surface area contributed by atoms with Gasteiger partial charge in [0.25, 0.3) is 0 Å². The Morgan fingerprint density at radius 2 is 0.883 bits per heavy atom. The molecule has 2 nitrogen and oxygen atoms in total. The molecule has 0 saturated heterocycles. The summed E-state index contributed by atoms with van der Waals surface area (Å²) in [6, 6.07) is 28.0. The molecular formula is C54H67Cl2N2PRu. The zero-order valence-electron chi connectivity index (χ0n) is 37.0. The molecule has 1 aromatic heterocycles. The summed E-state index contributed by atoms with van der Waals surface area (Å²) >= 11 is -3.83. The van der Waals surface area contributed by atoms with E-state index in [4.69, 9.17) is 19.4 Å². The van der Waals surface area contributed by atoms with E-state index >= 15 is 0 Å². The molecule has 320 valence electrons. The van der Waals surface area contributed by atoms with Crippen molar-refractivity contribution in [2.75, 3.05) is 0 Å². The van der Waals surface area contributed by atoms with Crippen LogP contribution in [0.2, 0.25) is 0 Å². The minimum atomic E-state index is -3.83. The van der Waals surface area contributed by atoms with Gasteiger partial charge in [0.2, 0.25) is 0 Å². The molecule has 3 fully saturated rings. The van der Waals surface area contributed by atoms with Crippen LogP contribution in [0.4, 0.5) is 0 Å². The molecule has 9 rings (SSSR count). The van der Waals surface area contributed by atoms with Crippen molar-refractivity contribution in [3.8, 4) is 11.4 Å². The van der Waals surface area contributed by atoms with Crippen molar-refractivity contribution in [1.29, 1.82) is 0 Å². The number of imidazole rings is 1. The van der Waals surface area contributed by atoms with Crippen molar-refractivity contribution in [2.45, 2.75) is 155 Å². The van der Waals surface area contributed by atoms with Crippen LogP contribution in [0.25, 0.3) is 16.9 Å². The first-order chi connectivity index (χ1) is 29.0. The van der Waals surface area contributed by atoms with Crippen molar-refractivity contribution in [3.63, 3.8) is 0 Å². The van der Waals surface area contributed by atoms with Gasteiger partial charge in [-0.3, -0.25) is 0 Å². The number of allylic oxidation sites excluding steroid dienone is 1. The van der Waals surface area contributed by atoms with Crippen molar-refractivity contribution in [3.05, 3.63) is 151 Å². The molecule has 4 aliphatic rings. The zero-order chi connectivity index (χ0) is 42.0. The van der Waals surface area contributed by atoms with Gasteiger partial charge in [0.15, 0.2) is 0 Å². The van der Waals surface area contributed by atoms with Crippen LogP contribution in [0.1, 0.15) is 146 Å². The van der Waals surface area contributed by atoms with E-state index in [0.717, 1.165) is 36.2 Å². The molecule has 0 amide bonds. The molecule has 0 spiro atoms. The van der Waals surface area contributed by atoms with Crippen LogP contribution in [0, 0.1) is 45.6 Å². The SMILES string of the molecule is C1CCC(P(C2CCCCC2)C2CCCCC2)CC1.Cc1cc(C)c(-n2ccn(-c3c(C)cc(C)cc3C)[c]2=[Ru]([Cl])([Cl])=[C]2C=C(c3ccccc3)c3ccccc32)c(C)c1. The first kappa shape index (κ1) is 44.0. The Morgan fingerprint density at radius 1 is 0.500 bits per heavy atom. The third kappa shape index (κ3) is 9.19. The van der Waals surface area contributed by atoms with Gasteiger partial charge < -0.3 is 0 Å². The fourth-order valence-corrected chi connectivity index (χ4v) is 22.5. The normalized spacial score (nSPS) is 18.3. The number of rotatable bonds is 6. The monoisotopic (exact) mass is 946 g/mol. The molecule has 0 atom stereocenters. The second-order valence-electron chi connectivity index (χ2n) is 18.3. The van der Waals surface area contributed by atoms with Crippen LogP contribution >= 0.6 is 27.3 Å². The van der Waals surface area contributed by atoms with Crippen molar-refractivity contribution >= 4 is 37.0 Å². The molecule has 4 aliphatic carbocycles. The summed E-state index contributed by atoms with van der Waals surface area (Å²) in [5, 5.41) is 0. The number of hydrogen-bond acceptors (Lipinski definition) is 0. The standard InChI is InChI=1S/C21H24N2.C18H33P.C15H10.2ClH.Ru/c1-14-9-16(3)20(17(4)10-14)22-7-8-23(13-22)21-18(5)11-15(2)12-19(21)6;1-4-10-16(11-5-1)19(17-12-6-2-7-13-17)18-14-8-3-9-15-18;1-2-6-12(7-3-1)15-11-10-13-8-4-5-9-14(13)15;;;/h7-12H,1-6H3;16-18H,1-15H2;1-9,11H;2*1H;/q;;;;;+2/p-2. The Kier molecular flexibility index (Phi) is 14.2. The van der Waals surface area contributed by atoms with Crippen molar-refractivity contribution < 1.29 is 11.9 Å². The first-order valence-electron chi connectivity index (χ1n) is 23.0. The van der Waals surface area contributed by atoms with E-state index < -0.39 is 11.9 Å². The van der Waals surface area contributed by atoms with Gasteiger partial charge in [0.05, 0.1) is 0 Å². The van der Waals surface area contributed by atoms with Gasteiger partial charge in [-0.2, -0.15) is 0 Å². The fourth-order valence-electron chi connectivity index (χ4n) is 11.4. The maximum atomic E-state index is 7.88. The van der Waals surface area contributed by atoms with Crippen LogP contribution in [-0.2, 0) is 11.9 Å². The Balaban J connectivity index is 0.000000218. The predicted octanol–water partition coefficient (Wildman–Crippen LogP) is 16.2. The summed E-state index contributed by atoms with van der Waals surface area (Å²) in [6.45, 7) is 13.0. The number of fused-ring (bicyclic) bond motifs is 1. The summed E-state index contributed by atoms with van der Waals surface area (Å²) in [5.74, 6) is 0. The average Bonchev–Trinajstić information content (AvgIpc) is 3.86. The van der Waals surface area contributed by atoms with Crippen LogP contribution in [0.15, 0.2) is 97.3 Å². The summed E-state index contributed by atoms with van der Waals surface area (Å²) in [7, 11) is 16.2. The van der Waals surface area contributed by atoms with Gasteiger partial charge in [-0.15, -0.1) is 0 Å². The van der Waals surface area contributed by atoms with Gasteiger partial charge in [-0.05, 0) is 55.5 Å². The Hall–Kier alpha value is -2.67. The third-order valence-corrected chi connectivity index (χ3v) is 24.7. The Morgan fingerprint density at radius 3 is 1.30 bits per heavy atom. The van der Waals surface area contributed by atoms with E-state index in [2.05, 4.69) is 142 Å². The van der Waals surface area contributed by atoms with Crippen LogP contribution in [-0.4, -0.2) is 30.2 Å². The van der Waals surface area contributed by atoms with E-state index in [-0.39, 0.29) is 0 Å². The summed E-state index contributed by atoms with van der Waals surface area (Å²) in [5.41, 5.74) is 17.8. The summed E-state index contributed by atoms with van der Waals surface area (Å²) < 4.78 is 6.51. The van der Waals surface area contributed by atoms with E-state index in [0.29, 0.717) is 7.92 Å². The van der Waals surface area contributed by atoms with Gasteiger partial charge >= 0.3 is 254 Å². The van der Waals surface area contributed by atoms with Gasteiger partial charge in [-0.25, -0.2) is 0 Å². The number of aromatic nitrogens is 2. The fraction of sp³-hybridized carbons (Fsp3) is 0.444. The summed E-state index contributed by atoms with van der Waals surface area (Å²) in [6.07, 6.45) is 30.1. The number of aryl methyl sites for hydroxylation is 6. The summed E-state index contributed by atoms with van der Waals surface area (Å²) in [4.78, 5) is 0. The van der Waals surface area contributed by atoms with Crippen LogP contribution in [0.3, 0.4) is 0 Å².